The first kappa shape index (κ1) is 60.6. The van der Waals surface area contributed by atoms with Crippen LogP contribution in [0.5, 0.6) is 0 Å². The molecule has 0 saturated heterocycles. The average molecular weight is 885 g/mol. The van der Waals surface area contributed by atoms with Crippen molar-refractivity contribution in [3.8, 4) is 0 Å². The summed E-state index contributed by atoms with van der Waals surface area (Å²) in [5, 5.41) is 0. The first-order chi connectivity index (χ1) is 31.0. The smallest absolute Gasteiger partial charge is 0.306 e. The van der Waals surface area contributed by atoms with Crippen molar-refractivity contribution in [1.82, 2.24) is 0 Å². The lowest BCUT2D eigenvalue weighted by molar-refractivity contribution is -0.167. The molecule has 0 aliphatic heterocycles. The fourth-order valence-electron chi connectivity index (χ4n) is 8.01. The highest BCUT2D eigenvalue weighted by molar-refractivity contribution is 5.71. The average Bonchev–Trinajstić information content (AvgIpc) is 3.28. The van der Waals surface area contributed by atoms with Crippen molar-refractivity contribution in [2.75, 3.05) is 13.2 Å². The van der Waals surface area contributed by atoms with Crippen LogP contribution < -0.4 is 0 Å². The maximum Gasteiger partial charge on any atom is 0.306 e. The predicted molar refractivity (Wildman–Crippen MR) is 270 cm³/mol. The number of esters is 3. The van der Waals surface area contributed by atoms with E-state index in [9.17, 15) is 14.4 Å². The van der Waals surface area contributed by atoms with Gasteiger partial charge in [0.15, 0.2) is 6.10 Å². The van der Waals surface area contributed by atoms with Gasteiger partial charge < -0.3 is 14.2 Å². The van der Waals surface area contributed by atoms with Crippen LogP contribution in [0.15, 0.2) is 36.5 Å². The van der Waals surface area contributed by atoms with Gasteiger partial charge in [0.05, 0.1) is 0 Å². The predicted octanol–water partition coefficient (Wildman–Crippen LogP) is 18.1. The van der Waals surface area contributed by atoms with Gasteiger partial charge in [0.1, 0.15) is 13.2 Å². The van der Waals surface area contributed by atoms with Crippen molar-refractivity contribution < 1.29 is 28.6 Å². The SMILES string of the molecule is CC/C=C\C/C=C\CCCCC(=O)OCC(COC(=O)CCCCCCC/C=C\CCCCCCCCCCC)OC(=O)CCCCCCCCCCCCCCCCCCCC. The van der Waals surface area contributed by atoms with E-state index >= 15 is 0 Å². The van der Waals surface area contributed by atoms with Gasteiger partial charge in [0.2, 0.25) is 0 Å². The molecule has 0 heterocycles. The Morgan fingerprint density at radius 3 is 1.00 bits per heavy atom. The quantitative estimate of drug-likeness (QED) is 0.0262. The molecule has 0 N–H and O–H groups in total. The molecule has 0 aromatic rings. The summed E-state index contributed by atoms with van der Waals surface area (Å²) in [7, 11) is 0. The highest BCUT2D eigenvalue weighted by Gasteiger charge is 2.19. The normalized spacial score (nSPS) is 12.2. The van der Waals surface area contributed by atoms with Crippen molar-refractivity contribution in [1.29, 1.82) is 0 Å². The monoisotopic (exact) mass is 885 g/mol. The zero-order chi connectivity index (χ0) is 45.8. The van der Waals surface area contributed by atoms with Crippen LogP contribution in [-0.4, -0.2) is 37.2 Å². The van der Waals surface area contributed by atoms with Gasteiger partial charge in [-0.1, -0.05) is 237 Å². The molecule has 0 radical (unpaired) electrons. The van der Waals surface area contributed by atoms with Crippen LogP contribution in [-0.2, 0) is 28.6 Å². The fourth-order valence-corrected chi connectivity index (χ4v) is 8.01. The van der Waals surface area contributed by atoms with Gasteiger partial charge in [-0.15, -0.1) is 0 Å². The van der Waals surface area contributed by atoms with Crippen molar-refractivity contribution in [3.05, 3.63) is 36.5 Å². The van der Waals surface area contributed by atoms with Crippen LogP contribution in [0.3, 0.4) is 0 Å². The summed E-state index contributed by atoms with van der Waals surface area (Å²) in [6.07, 6.45) is 61.5. The second-order valence-corrected chi connectivity index (χ2v) is 18.5. The molecule has 0 spiro atoms. The van der Waals surface area contributed by atoms with E-state index in [1.165, 1.54) is 173 Å². The molecule has 6 heteroatoms. The van der Waals surface area contributed by atoms with Crippen molar-refractivity contribution in [2.24, 2.45) is 0 Å². The van der Waals surface area contributed by atoms with Crippen molar-refractivity contribution >= 4 is 17.9 Å². The molecule has 0 aromatic heterocycles. The Balaban J connectivity index is 4.28. The van der Waals surface area contributed by atoms with Gasteiger partial charge in [-0.3, -0.25) is 14.4 Å². The van der Waals surface area contributed by atoms with E-state index in [2.05, 4.69) is 57.2 Å². The third-order valence-corrected chi connectivity index (χ3v) is 12.1. The molecule has 63 heavy (non-hydrogen) atoms. The highest BCUT2D eigenvalue weighted by Crippen LogP contribution is 2.16. The molecule has 6 nitrogen and oxygen atoms in total. The molecule has 0 aliphatic rings. The molecule has 0 aromatic carbocycles. The fraction of sp³-hybridized carbons (Fsp3) is 0.842. The van der Waals surface area contributed by atoms with Gasteiger partial charge in [-0.2, -0.15) is 0 Å². The first-order valence-electron chi connectivity index (χ1n) is 27.5. The molecule has 0 saturated carbocycles. The Bertz CT molecular complexity index is 1060. The topological polar surface area (TPSA) is 78.9 Å². The number of ether oxygens (including phenoxy) is 3. The summed E-state index contributed by atoms with van der Waals surface area (Å²) in [6, 6.07) is 0. The van der Waals surface area contributed by atoms with Crippen molar-refractivity contribution in [2.45, 2.75) is 297 Å². The summed E-state index contributed by atoms with van der Waals surface area (Å²) < 4.78 is 16.8. The van der Waals surface area contributed by atoms with Gasteiger partial charge in [0, 0.05) is 19.3 Å². The number of carbonyl (C=O) groups excluding carboxylic acids is 3. The van der Waals surface area contributed by atoms with Crippen molar-refractivity contribution in [3.63, 3.8) is 0 Å². The summed E-state index contributed by atoms with van der Waals surface area (Å²) in [4.78, 5) is 37.9. The number of rotatable bonds is 50. The Hall–Kier alpha value is -2.37. The van der Waals surface area contributed by atoms with E-state index in [1.54, 1.807) is 0 Å². The molecule has 0 rings (SSSR count). The number of hydrogen-bond donors (Lipinski definition) is 0. The van der Waals surface area contributed by atoms with Crippen LogP contribution in [0.1, 0.15) is 290 Å². The second-order valence-electron chi connectivity index (χ2n) is 18.5. The Morgan fingerprint density at radius 1 is 0.333 bits per heavy atom. The lowest BCUT2D eigenvalue weighted by Crippen LogP contribution is -2.30. The molecular formula is C57H104O6. The van der Waals surface area contributed by atoms with Crippen LogP contribution >= 0.6 is 0 Å². The van der Waals surface area contributed by atoms with Crippen LogP contribution in [0, 0.1) is 0 Å². The van der Waals surface area contributed by atoms with E-state index < -0.39 is 6.10 Å². The summed E-state index contributed by atoms with van der Waals surface area (Å²) >= 11 is 0. The number of hydrogen-bond acceptors (Lipinski definition) is 6. The summed E-state index contributed by atoms with van der Waals surface area (Å²) in [6.45, 7) is 6.51. The minimum Gasteiger partial charge on any atom is -0.462 e. The molecule has 368 valence electrons. The van der Waals surface area contributed by atoms with E-state index in [-0.39, 0.29) is 31.1 Å². The highest BCUT2D eigenvalue weighted by atomic mass is 16.6. The molecule has 0 fully saturated rings. The summed E-state index contributed by atoms with van der Waals surface area (Å²) in [5.41, 5.74) is 0. The van der Waals surface area contributed by atoms with Gasteiger partial charge >= 0.3 is 17.9 Å². The Labute approximate surface area is 391 Å². The molecule has 1 atom stereocenters. The molecule has 0 amide bonds. The third kappa shape index (κ3) is 50.5. The minimum atomic E-state index is -0.784. The third-order valence-electron chi connectivity index (χ3n) is 12.1. The molecule has 1 unspecified atom stereocenters. The van der Waals surface area contributed by atoms with Crippen LogP contribution in [0.25, 0.3) is 0 Å². The Kier molecular flexibility index (Phi) is 50.3. The standard InChI is InChI=1S/C57H104O6/c1-4-7-10-13-16-19-21-23-25-27-29-31-33-35-38-41-44-47-50-56(59)62-53-54(52-61-55(58)49-46-43-40-37-18-15-12-9-6-3)63-57(60)51-48-45-42-39-36-34-32-30-28-26-24-22-20-17-14-11-8-5-2/h9,12,18,29,31,37,54H,4-8,10-11,13-17,19-28,30,32-36,38-53H2,1-3H3/b12-9-,31-29-,37-18-. The lowest BCUT2D eigenvalue weighted by Gasteiger charge is -2.18. The Morgan fingerprint density at radius 2 is 0.619 bits per heavy atom. The molecular weight excluding hydrogens is 781 g/mol. The summed E-state index contributed by atoms with van der Waals surface area (Å²) in [5.74, 6) is -0.916. The zero-order valence-corrected chi connectivity index (χ0v) is 42.1. The zero-order valence-electron chi connectivity index (χ0n) is 42.1. The largest absolute Gasteiger partial charge is 0.462 e. The maximum atomic E-state index is 12.8. The molecule has 0 bridgehead atoms. The van der Waals surface area contributed by atoms with E-state index in [1.807, 2.05) is 0 Å². The molecule has 0 aliphatic carbocycles. The second kappa shape index (κ2) is 52.3. The van der Waals surface area contributed by atoms with E-state index in [0.29, 0.717) is 19.3 Å². The maximum absolute atomic E-state index is 12.8. The lowest BCUT2D eigenvalue weighted by atomic mass is 10.0. The van der Waals surface area contributed by atoms with Gasteiger partial charge in [0.25, 0.3) is 0 Å². The number of unbranched alkanes of at least 4 members (excludes halogenated alkanes) is 33. The van der Waals surface area contributed by atoms with Crippen LogP contribution in [0.4, 0.5) is 0 Å². The first-order valence-corrected chi connectivity index (χ1v) is 27.5. The van der Waals surface area contributed by atoms with E-state index in [0.717, 1.165) is 77.0 Å². The van der Waals surface area contributed by atoms with Crippen LogP contribution in [0.2, 0.25) is 0 Å². The van der Waals surface area contributed by atoms with Gasteiger partial charge in [-0.05, 0) is 70.6 Å². The van der Waals surface area contributed by atoms with Gasteiger partial charge in [-0.25, -0.2) is 0 Å². The number of allylic oxidation sites excluding steroid dienone is 6. The minimum absolute atomic E-state index is 0.0837. The number of carbonyl (C=O) groups is 3. The van der Waals surface area contributed by atoms with E-state index in [4.69, 9.17) is 14.2 Å².